The molecular weight excluding hydrogens is 464 g/mol. The average molecular weight is 495 g/mol. The van der Waals surface area contributed by atoms with Gasteiger partial charge in [0.1, 0.15) is 0 Å². The molecule has 1 fully saturated rings. The van der Waals surface area contributed by atoms with Gasteiger partial charge in [-0.1, -0.05) is 17.7 Å². The fourth-order valence-corrected chi connectivity index (χ4v) is 6.01. The van der Waals surface area contributed by atoms with E-state index in [9.17, 15) is 21.6 Å². The predicted molar refractivity (Wildman–Crippen MR) is 129 cm³/mol. The molecule has 0 aromatic heterocycles. The van der Waals surface area contributed by atoms with Crippen molar-refractivity contribution in [3.63, 3.8) is 0 Å². The first kappa shape index (κ1) is 25.2. The quantitative estimate of drug-likeness (QED) is 0.614. The molecular formula is C22H30N4O5S2. The van der Waals surface area contributed by atoms with E-state index in [0.717, 1.165) is 15.4 Å². The van der Waals surface area contributed by atoms with Crippen molar-refractivity contribution >= 4 is 37.5 Å². The summed E-state index contributed by atoms with van der Waals surface area (Å²) in [5, 5.41) is 2.77. The molecule has 2 aromatic carbocycles. The van der Waals surface area contributed by atoms with Crippen LogP contribution in [0.2, 0.25) is 0 Å². The zero-order valence-electron chi connectivity index (χ0n) is 19.2. The Morgan fingerprint density at radius 2 is 1.70 bits per heavy atom. The van der Waals surface area contributed by atoms with E-state index in [4.69, 9.17) is 0 Å². The van der Waals surface area contributed by atoms with Gasteiger partial charge in [0, 0.05) is 32.9 Å². The second-order valence-corrected chi connectivity index (χ2v) is 12.2. The van der Waals surface area contributed by atoms with Crippen LogP contribution in [-0.4, -0.2) is 58.5 Å². The summed E-state index contributed by atoms with van der Waals surface area (Å²) in [6.07, 6.45) is 1.17. The summed E-state index contributed by atoms with van der Waals surface area (Å²) in [5.74, 6) is -0.777. The third kappa shape index (κ3) is 5.91. The number of aryl methyl sites for hydroxylation is 2. The molecule has 1 atom stereocenters. The van der Waals surface area contributed by atoms with Crippen LogP contribution >= 0.6 is 0 Å². The molecule has 1 saturated heterocycles. The Morgan fingerprint density at radius 1 is 1.03 bits per heavy atom. The molecule has 9 nitrogen and oxygen atoms in total. The number of nitrogens with one attached hydrogen (secondary N) is 2. The number of carbonyl (C=O) groups is 1. The zero-order valence-corrected chi connectivity index (χ0v) is 20.8. The maximum absolute atomic E-state index is 12.7. The van der Waals surface area contributed by atoms with Crippen LogP contribution in [0.4, 0.5) is 11.4 Å². The van der Waals surface area contributed by atoms with Gasteiger partial charge in [-0.05, 0) is 62.6 Å². The lowest BCUT2D eigenvalue weighted by Gasteiger charge is -2.32. The average Bonchev–Trinajstić information content (AvgIpc) is 2.76. The summed E-state index contributed by atoms with van der Waals surface area (Å²) in [4.78, 5) is 12.8. The van der Waals surface area contributed by atoms with Crippen LogP contribution in [-0.2, 0) is 25.0 Å². The maximum atomic E-state index is 12.7. The van der Waals surface area contributed by atoms with E-state index in [1.165, 1.54) is 42.7 Å². The highest BCUT2D eigenvalue weighted by molar-refractivity contribution is 7.92. The summed E-state index contributed by atoms with van der Waals surface area (Å²) in [6, 6.07) is 11.3. The van der Waals surface area contributed by atoms with Gasteiger partial charge in [-0.25, -0.2) is 8.42 Å². The number of sulfonamides is 1. The molecule has 1 aliphatic rings. The smallest absolute Gasteiger partial charge is 0.281 e. The Bertz CT molecular complexity index is 1230. The lowest BCUT2D eigenvalue weighted by Crippen LogP contribution is -2.47. The number of rotatable bonds is 7. The van der Waals surface area contributed by atoms with Crippen LogP contribution in [0.5, 0.6) is 0 Å². The molecule has 0 spiro atoms. The van der Waals surface area contributed by atoms with Crippen molar-refractivity contribution in [2.45, 2.75) is 31.6 Å². The van der Waals surface area contributed by atoms with Crippen molar-refractivity contribution in [2.75, 3.05) is 37.2 Å². The van der Waals surface area contributed by atoms with E-state index in [1.807, 2.05) is 26.0 Å². The predicted octanol–water partition coefficient (Wildman–Crippen LogP) is 2.56. The van der Waals surface area contributed by atoms with Gasteiger partial charge in [0.2, 0.25) is 5.91 Å². The number of amides is 1. The first-order valence-corrected chi connectivity index (χ1v) is 13.5. The van der Waals surface area contributed by atoms with E-state index in [0.29, 0.717) is 30.8 Å². The fourth-order valence-electron chi connectivity index (χ4n) is 3.69. The highest BCUT2D eigenvalue weighted by Gasteiger charge is 2.33. The Hall–Kier alpha value is -2.47. The van der Waals surface area contributed by atoms with Crippen molar-refractivity contribution in [3.05, 3.63) is 53.6 Å². The summed E-state index contributed by atoms with van der Waals surface area (Å²) in [7, 11) is -4.44. The highest BCUT2D eigenvalue weighted by atomic mass is 32.2. The first-order valence-electron chi connectivity index (χ1n) is 10.6. The molecule has 0 radical (unpaired) electrons. The van der Waals surface area contributed by atoms with Gasteiger partial charge in [-0.2, -0.15) is 17.0 Å². The molecule has 1 amide bonds. The molecule has 0 unspecified atom stereocenters. The van der Waals surface area contributed by atoms with Crippen LogP contribution in [0.1, 0.15) is 24.0 Å². The zero-order chi connectivity index (χ0) is 24.4. The summed E-state index contributed by atoms with van der Waals surface area (Å²) >= 11 is 0. The molecule has 1 heterocycles. The van der Waals surface area contributed by atoms with E-state index in [1.54, 1.807) is 6.07 Å². The van der Waals surface area contributed by atoms with Gasteiger partial charge in [0.15, 0.2) is 0 Å². The molecule has 2 N–H and O–H groups in total. The van der Waals surface area contributed by atoms with Gasteiger partial charge in [0.05, 0.1) is 16.5 Å². The lowest BCUT2D eigenvalue weighted by molar-refractivity contribution is -0.120. The molecule has 11 heteroatoms. The Kier molecular flexibility index (Phi) is 7.47. The van der Waals surface area contributed by atoms with Crippen molar-refractivity contribution in [2.24, 2.45) is 5.92 Å². The normalized spacial score (nSPS) is 17.7. The minimum atomic E-state index is -3.79. The molecule has 3 rings (SSSR count). The largest absolute Gasteiger partial charge is 0.326 e. The molecule has 0 bridgehead atoms. The maximum Gasteiger partial charge on any atom is 0.281 e. The second-order valence-electron chi connectivity index (χ2n) is 8.42. The molecule has 0 aliphatic carbocycles. The van der Waals surface area contributed by atoms with Crippen LogP contribution < -0.4 is 10.0 Å². The third-order valence-electron chi connectivity index (χ3n) is 5.60. The number of hydrogen-bond donors (Lipinski definition) is 2. The molecule has 2 aromatic rings. The number of anilines is 2. The number of carbonyl (C=O) groups excluding carboxylic acids is 1. The number of nitrogens with zero attached hydrogens (tertiary/aromatic N) is 2. The van der Waals surface area contributed by atoms with Crippen LogP contribution in [0.3, 0.4) is 0 Å². The van der Waals surface area contributed by atoms with Crippen LogP contribution in [0, 0.1) is 19.8 Å². The van der Waals surface area contributed by atoms with Gasteiger partial charge in [-0.3, -0.25) is 9.52 Å². The van der Waals surface area contributed by atoms with Crippen LogP contribution in [0.25, 0.3) is 0 Å². The number of piperidine rings is 1. The molecule has 180 valence electrons. The van der Waals surface area contributed by atoms with Crippen molar-refractivity contribution < 1.29 is 21.6 Å². The number of benzene rings is 2. The Morgan fingerprint density at radius 3 is 2.30 bits per heavy atom. The summed E-state index contributed by atoms with van der Waals surface area (Å²) in [6.45, 7) is 4.26. The van der Waals surface area contributed by atoms with Crippen molar-refractivity contribution in [1.82, 2.24) is 8.61 Å². The van der Waals surface area contributed by atoms with Crippen LogP contribution in [0.15, 0.2) is 47.4 Å². The van der Waals surface area contributed by atoms with Gasteiger partial charge < -0.3 is 5.32 Å². The fraction of sp³-hybridized carbons (Fsp3) is 0.409. The topological polar surface area (TPSA) is 116 Å². The van der Waals surface area contributed by atoms with E-state index < -0.39 is 26.2 Å². The van der Waals surface area contributed by atoms with E-state index in [-0.39, 0.29) is 17.3 Å². The standard InChI is InChI=1S/C22H30N4O5S2/c1-16-7-12-21(17(2)14-16)24-32(28,29)20-10-8-19(9-11-20)23-22(27)18-6-5-13-26(15-18)33(30,31)25(3)4/h7-12,14,18,24H,5-6,13,15H2,1-4H3,(H,23,27)/t18-/m0/s1. The number of hydrogen-bond acceptors (Lipinski definition) is 5. The SMILES string of the molecule is Cc1ccc(NS(=O)(=O)c2ccc(NC(=O)[C@H]3CCCN(S(=O)(=O)N(C)C)C3)cc2)c(C)c1. The second kappa shape index (κ2) is 9.80. The first-order chi connectivity index (χ1) is 15.4. The van der Waals surface area contributed by atoms with Crippen molar-refractivity contribution in [3.8, 4) is 0 Å². The monoisotopic (exact) mass is 494 g/mol. The minimum Gasteiger partial charge on any atom is -0.326 e. The molecule has 1 aliphatic heterocycles. The summed E-state index contributed by atoms with van der Waals surface area (Å²) < 4.78 is 55.3. The Labute approximate surface area is 196 Å². The van der Waals surface area contributed by atoms with Gasteiger partial charge in [-0.15, -0.1) is 0 Å². The minimum absolute atomic E-state index is 0.0707. The summed E-state index contributed by atoms with van der Waals surface area (Å²) in [5.41, 5.74) is 2.81. The van der Waals surface area contributed by atoms with E-state index >= 15 is 0 Å². The molecule has 0 saturated carbocycles. The van der Waals surface area contributed by atoms with Gasteiger partial charge in [0.25, 0.3) is 20.2 Å². The van der Waals surface area contributed by atoms with Gasteiger partial charge >= 0.3 is 0 Å². The molecule has 33 heavy (non-hydrogen) atoms. The highest BCUT2D eigenvalue weighted by Crippen LogP contribution is 2.24. The third-order valence-corrected chi connectivity index (χ3v) is 8.89. The Balaban J connectivity index is 1.67. The van der Waals surface area contributed by atoms with E-state index in [2.05, 4.69) is 10.0 Å². The van der Waals surface area contributed by atoms with Crippen molar-refractivity contribution in [1.29, 1.82) is 0 Å². The lowest BCUT2D eigenvalue weighted by atomic mass is 9.99.